The van der Waals surface area contributed by atoms with Crippen LogP contribution in [0, 0.1) is 10.8 Å². The van der Waals surface area contributed by atoms with Crippen molar-refractivity contribution in [1.82, 2.24) is 14.7 Å². The number of urea groups is 1. The highest BCUT2D eigenvalue weighted by Crippen LogP contribution is 2.57. The zero-order chi connectivity index (χ0) is 22.8. The SMILES string of the molecule is CCc1ccccc1NC(=O)N1CCC2(CC1)CN(CCOC)C[C@]21CCN(CC)C1=O. The molecule has 3 amide bonds. The molecule has 32 heavy (non-hydrogen) atoms. The van der Waals surface area contributed by atoms with Gasteiger partial charge in [0.15, 0.2) is 0 Å². The fraction of sp³-hybridized carbons (Fsp3) is 0.680. The number of nitrogens with zero attached hydrogens (tertiary/aromatic N) is 3. The molecule has 1 N–H and O–H groups in total. The van der Waals surface area contributed by atoms with Crippen molar-refractivity contribution < 1.29 is 14.3 Å². The Balaban J connectivity index is 1.48. The molecule has 3 saturated heterocycles. The zero-order valence-corrected chi connectivity index (χ0v) is 19.9. The second-order valence-electron chi connectivity index (χ2n) is 9.63. The summed E-state index contributed by atoms with van der Waals surface area (Å²) in [5.41, 5.74) is 1.68. The van der Waals surface area contributed by atoms with E-state index < -0.39 is 0 Å². The molecule has 3 heterocycles. The van der Waals surface area contributed by atoms with E-state index >= 15 is 0 Å². The van der Waals surface area contributed by atoms with Crippen LogP contribution >= 0.6 is 0 Å². The summed E-state index contributed by atoms with van der Waals surface area (Å²) >= 11 is 0. The van der Waals surface area contributed by atoms with E-state index in [9.17, 15) is 9.59 Å². The first kappa shape index (κ1) is 23.1. The molecule has 1 aromatic carbocycles. The number of likely N-dealkylation sites (tertiary alicyclic amines) is 3. The highest BCUT2D eigenvalue weighted by Gasteiger charge is 2.64. The first-order chi connectivity index (χ1) is 15.5. The summed E-state index contributed by atoms with van der Waals surface area (Å²) in [6.07, 6.45) is 3.57. The molecule has 0 aliphatic carbocycles. The van der Waals surface area contributed by atoms with Crippen molar-refractivity contribution in [2.45, 2.75) is 39.5 Å². The maximum absolute atomic E-state index is 13.6. The average molecular weight is 443 g/mol. The Labute approximate surface area is 192 Å². The largest absolute Gasteiger partial charge is 0.383 e. The maximum atomic E-state index is 13.6. The number of fused-ring (bicyclic) bond motifs is 1. The summed E-state index contributed by atoms with van der Waals surface area (Å²) in [5, 5.41) is 3.12. The molecule has 0 unspecified atom stereocenters. The monoisotopic (exact) mass is 442 g/mol. The third-order valence-electron chi connectivity index (χ3n) is 8.18. The lowest BCUT2D eigenvalue weighted by Gasteiger charge is -2.47. The molecule has 0 bridgehead atoms. The molecule has 2 spiro atoms. The first-order valence-electron chi connectivity index (χ1n) is 12.1. The highest BCUT2D eigenvalue weighted by atomic mass is 16.5. The van der Waals surface area contributed by atoms with Crippen LogP contribution < -0.4 is 5.32 Å². The Morgan fingerprint density at radius 2 is 1.84 bits per heavy atom. The van der Waals surface area contributed by atoms with E-state index in [0.29, 0.717) is 25.6 Å². The molecule has 7 heteroatoms. The van der Waals surface area contributed by atoms with Crippen molar-refractivity contribution in [2.75, 3.05) is 64.8 Å². The van der Waals surface area contributed by atoms with Gasteiger partial charge in [-0.3, -0.25) is 9.69 Å². The summed E-state index contributed by atoms with van der Waals surface area (Å²) in [6.45, 7) is 10.5. The first-order valence-corrected chi connectivity index (χ1v) is 12.1. The fourth-order valence-corrected chi connectivity index (χ4v) is 6.26. The molecule has 3 aliphatic rings. The lowest BCUT2D eigenvalue weighted by Crippen LogP contribution is -2.54. The van der Waals surface area contributed by atoms with Crippen LogP contribution in [-0.2, 0) is 16.0 Å². The van der Waals surface area contributed by atoms with Gasteiger partial charge in [0.25, 0.3) is 0 Å². The lowest BCUT2D eigenvalue weighted by molar-refractivity contribution is -0.141. The van der Waals surface area contributed by atoms with Crippen LogP contribution in [-0.4, -0.2) is 86.2 Å². The van der Waals surface area contributed by atoms with Gasteiger partial charge >= 0.3 is 6.03 Å². The van der Waals surface area contributed by atoms with Crippen LogP contribution in [0.3, 0.4) is 0 Å². The molecule has 1 aromatic rings. The number of benzene rings is 1. The number of amides is 3. The molecule has 3 fully saturated rings. The van der Waals surface area contributed by atoms with Crippen LogP contribution in [0.4, 0.5) is 10.5 Å². The number of methoxy groups -OCH3 is 1. The minimum atomic E-state index is -0.311. The van der Waals surface area contributed by atoms with Gasteiger partial charge in [-0.1, -0.05) is 25.1 Å². The van der Waals surface area contributed by atoms with E-state index in [2.05, 4.69) is 30.1 Å². The van der Waals surface area contributed by atoms with Gasteiger partial charge < -0.3 is 19.9 Å². The number of hydrogen-bond donors (Lipinski definition) is 1. The van der Waals surface area contributed by atoms with E-state index in [0.717, 1.165) is 69.7 Å². The number of piperidine rings is 1. The average Bonchev–Trinajstić information content (AvgIpc) is 3.30. The van der Waals surface area contributed by atoms with Crippen LogP contribution in [0.5, 0.6) is 0 Å². The van der Waals surface area contributed by atoms with E-state index in [-0.39, 0.29) is 16.9 Å². The van der Waals surface area contributed by atoms with Gasteiger partial charge in [-0.15, -0.1) is 0 Å². The molecule has 0 radical (unpaired) electrons. The Kier molecular flexibility index (Phi) is 6.77. The topological polar surface area (TPSA) is 65.1 Å². The Hall–Kier alpha value is -2.12. The molecule has 4 rings (SSSR count). The zero-order valence-electron chi connectivity index (χ0n) is 19.9. The summed E-state index contributed by atoms with van der Waals surface area (Å²) in [4.78, 5) is 33.0. The molecule has 176 valence electrons. The predicted molar refractivity (Wildman–Crippen MR) is 126 cm³/mol. The Morgan fingerprint density at radius 1 is 1.09 bits per heavy atom. The molecule has 0 saturated carbocycles. The normalized spacial score (nSPS) is 25.3. The molecular weight excluding hydrogens is 404 g/mol. The van der Waals surface area contributed by atoms with Gasteiger partial charge in [-0.2, -0.15) is 0 Å². The highest BCUT2D eigenvalue weighted by molar-refractivity contribution is 5.90. The minimum absolute atomic E-state index is 0.0306. The van der Waals surface area contributed by atoms with E-state index in [1.165, 1.54) is 0 Å². The fourth-order valence-electron chi connectivity index (χ4n) is 6.26. The van der Waals surface area contributed by atoms with Gasteiger partial charge in [0.1, 0.15) is 0 Å². The number of carbonyl (C=O) groups is 2. The third kappa shape index (κ3) is 3.90. The van der Waals surface area contributed by atoms with Gasteiger partial charge in [0.2, 0.25) is 5.91 Å². The number of anilines is 1. The molecular formula is C25H38N4O3. The lowest BCUT2D eigenvalue weighted by atomic mass is 9.60. The number of rotatable bonds is 6. The number of para-hydroxylation sites is 1. The van der Waals surface area contributed by atoms with E-state index in [4.69, 9.17) is 4.74 Å². The third-order valence-corrected chi connectivity index (χ3v) is 8.18. The number of carbonyl (C=O) groups excluding carboxylic acids is 2. The molecule has 3 aliphatic heterocycles. The van der Waals surface area contributed by atoms with Crippen LogP contribution in [0.15, 0.2) is 24.3 Å². The molecule has 1 atom stereocenters. The standard InChI is InChI=1S/C25H38N4O3/c1-4-20-8-6-7-9-21(20)26-23(31)29-13-10-24(11-14-29)18-27(16-17-32-3)19-25(24)12-15-28(5-2)22(25)30/h6-9H,4-5,10-19H2,1-3H3,(H,26,31)/t25-/m0/s1. The van der Waals surface area contributed by atoms with Crippen molar-refractivity contribution in [2.24, 2.45) is 10.8 Å². The maximum Gasteiger partial charge on any atom is 0.321 e. The minimum Gasteiger partial charge on any atom is -0.383 e. The van der Waals surface area contributed by atoms with Gasteiger partial charge in [-0.05, 0) is 44.2 Å². The second-order valence-corrected chi connectivity index (χ2v) is 9.63. The number of aryl methyl sites for hydroxylation is 1. The quantitative estimate of drug-likeness (QED) is 0.735. The number of hydrogen-bond acceptors (Lipinski definition) is 4. The van der Waals surface area contributed by atoms with Gasteiger partial charge in [0.05, 0.1) is 12.0 Å². The Morgan fingerprint density at radius 3 is 2.50 bits per heavy atom. The van der Waals surface area contributed by atoms with E-state index in [1.807, 2.05) is 28.0 Å². The van der Waals surface area contributed by atoms with Crippen molar-refractivity contribution in [1.29, 1.82) is 0 Å². The predicted octanol–water partition coefficient (Wildman–Crippen LogP) is 3.06. The Bertz CT molecular complexity index is 836. The smallest absolute Gasteiger partial charge is 0.321 e. The molecule has 0 aromatic heterocycles. The van der Waals surface area contributed by atoms with Gasteiger partial charge in [0, 0.05) is 64.0 Å². The van der Waals surface area contributed by atoms with Crippen molar-refractivity contribution >= 4 is 17.6 Å². The number of ether oxygens (including phenoxy) is 1. The number of nitrogens with one attached hydrogen (secondary N) is 1. The second kappa shape index (κ2) is 9.40. The van der Waals surface area contributed by atoms with Crippen LogP contribution in [0.2, 0.25) is 0 Å². The molecule has 7 nitrogen and oxygen atoms in total. The summed E-state index contributed by atoms with van der Waals surface area (Å²) in [7, 11) is 1.73. The summed E-state index contributed by atoms with van der Waals surface area (Å²) < 4.78 is 5.33. The summed E-state index contributed by atoms with van der Waals surface area (Å²) in [6, 6.07) is 7.96. The van der Waals surface area contributed by atoms with Crippen LogP contribution in [0.25, 0.3) is 0 Å². The van der Waals surface area contributed by atoms with Crippen LogP contribution in [0.1, 0.15) is 38.7 Å². The van der Waals surface area contributed by atoms with Crippen molar-refractivity contribution in [3.05, 3.63) is 29.8 Å². The van der Waals surface area contributed by atoms with Gasteiger partial charge in [-0.25, -0.2) is 4.79 Å². The summed E-state index contributed by atoms with van der Waals surface area (Å²) in [5.74, 6) is 0.328. The van der Waals surface area contributed by atoms with Crippen molar-refractivity contribution in [3.63, 3.8) is 0 Å². The van der Waals surface area contributed by atoms with E-state index in [1.54, 1.807) is 7.11 Å². The van der Waals surface area contributed by atoms with Crippen molar-refractivity contribution in [3.8, 4) is 0 Å².